The van der Waals surface area contributed by atoms with Crippen LogP contribution in [-0.2, 0) is 12.8 Å². The summed E-state index contributed by atoms with van der Waals surface area (Å²) < 4.78 is 40.0. The fourth-order valence-corrected chi connectivity index (χ4v) is 2.17. The van der Waals surface area contributed by atoms with E-state index in [4.69, 9.17) is 0 Å². The highest BCUT2D eigenvalue weighted by Gasteiger charge is 2.18. The Labute approximate surface area is 109 Å². The third-order valence-corrected chi connectivity index (χ3v) is 3.07. The van der Waals surface area contributed by atoms with Gasteiger partial charge in [-0.2, -0.15) is 5.10 Å². The molecule has 2 rings (SSSR count). The molecule has 0 aliphatic rings. The summed E-state index contributed by atoms with van der Waals surface area (Å²) in [7, 11) is 0. The molecule has 0 aliphatic carbocycles. The van der Waals surface area contributed by atoms with Crippen LogP contribution in [0.5, 0.6) is 0 Å². The molecule has 5 heteroatoms. The zero-order valence-electron chi connectivity index (χ0n) is 10.9. The molecule has 1 aromatic carbocycles. The second kappa shape index (κ2) is 5.47. The fourth-order valence-electron chi connectivity index (χ4n) is 2.17. The van der Waals surface area contributed by atoms with Gasteiger partial charge in [0.2, 0.25) is 0 Å². The van der Waals surface area contributed by atoms with Gasteiger partial charge in [0.05, 0.1) is 5.69 Å². The maximum atomic E-state index is 13.8. The number of rotatable bonds is 4. The van der Waals surface area contributed by atoms with Crippen LogP contribution in [0.2, 0.25) is 0 Å². The van der Waals surface area contributed by atoms with E-state index in [0.717, 1.165) is 30.2 Å². The van der Waals surface area contributed by atoms with E-state index in [0.29, 0.717) is 18.2 Å². The van der Waals surface area contributed by atoms with Crippen molar-refractivity contribution in [3.63, 3.8) is 0 Å². The molecule has 2 nitrogen and oxygen atoms in total. The van der Waals surface area contributed by atoms with E-state index < -0.39 is 17.5 Å². The Hall–Kier alpha value is -1.78. The Morgan fingerprint density at radius 2 is 1.74 bits per heavy atom. The lowest BCUT2D eigenvalue weighted by atomic mass is 10.0. The Bertz CT molecular complexity index is 591. The van der Waals surface area contributed by atoms with Crippen LogP contribution in [0.3, 0.4) is 0 Å². The maximum Gasteiger partial charge on any atom is 0.161 e. The van der Waals surface area contributed by atoms with Crippen LogP contribution in [0.25, 0.3) is 11.3 Å². The minimum absolute atomic E-state index is 0.00523. The van der Waals surface area contributed by atoms with Crippen LogP contribution in [-0.4, -0.2) is 10.2 Å². The van der Waals surface area contributed by atoms with Crippen LogP contribution >= 0.6 is 0 Å². The van der Waals surface area contributed by atoms with Gasteiger partial charge < -0.3 is 0 Å². The number of aromatic amines is 1. The largest absolute Gasteiger partial charge is 0.282 e. The molecule has 19 heavy (non-hydrogen) atoms. The van der Waals surface area contributed by atoms with Crippen molar-refractivity contribution in [3.8, 4) is 11.3 Å². The van der Waals surface area contributed by atoms with Crippen LogP contribution in [0.4, 0.5) is 13.2 Å². The van der Waals surface area contributed by atoms with E-state index in [1.54, 1.807) is 0 Å². The second-order valence-corrected chi connectivity index (χ2v) is 4.38. The maximum absolute atomic E-state index is 13.8. The lowest BCUT2D eigenvalue weighted by molar-refractivity contribution is 0.496. The van der Waals surface area contributed by atoms with Gasteiger partial charge in [-0.1, -0.05) is 20.3 Å². The Balaban J connectivity index is 2.56. The smallest absolute Gasteiger partial charge is 0.161 e. The number of H-pyrrole nitrogens is 1. The van der Waals surface area contributed by atoms with Crippen molar-refractivity contribution in [2.24, 2.45) is 0 Å². The normalized spacial score (nSPS) is 11.0. The highest BCUT2D eigenvalue weighted by molar-refractivity contribution is 5.65. The minimum atomic E-state index is -1.19. The minimum Gasteiger partial charge on any atom is -0.282 e. The molecule has 1 heterocycles. The molecule has 0 saturated carbocycles. The highest BCUT2D eigenvalue weighted by Crippen LogP contribution is 2.29. The molecular formula is C14H15F3N2. The molecule has 102 valence electrons. The lowest BCUT2D eigenvalue weighted by Gasteiger charge is -2.05. The summed E-state index contributed by atoms with van der Waals surface area (Å²) in [4.78, 5) is 0. The summed E-state index contributed by atoms with van der Waals surface area (Å²) >= 11 is 0. The molecule has 0 bridgehead atoms. The molecule has 0 aliphatic heterocycles. The molecule has 1 N–H and O–H groups in total. The Kier molecular flexibility index (Phi) is 3.93. The summed E-state index contributed by atoms with van der Waals surface area (Å²) in [5.41, 5.74) is 2.13. The standard InChI is InChI=1S/C14H15F3N2/c1-3-5-13-8(4-2)14(19-18-13)9-6-11(16)12(17)7-10(9)15/h6-7H,3-5H2,1-2H3,(H,18,19). The van der Waals surface area contributed by atoms with Gasteiger partial charge in [-0.05, 0) is 18.9 Å². The molecule has 2 aromatic rings. The van der Waals surface area contributed by atoms with Gasteiger partial charge >= 0.3 is 0 Å². The number of benzene rings is 1. The first-order valence-electron chi connectivity index (χ1n) is 6.29. The first-order chi connectivity index (χ1) is 9.08. The van der Waals surface area contributed by atoms with Crippen LogP contribution in [0.15, 0.2) is 12.1 Å². The molecule has 0 spiro atoms. The Morgan fingerprint density at radius 3 is 2.37 bits per heavy atom. The zero-order chi connectivity index (χ0) is 14.0. The van der Waals surface area contributed by atoms with E-state index in [-0.39, 0.29) is 5.56 Å². The van der Waals surface area contributed by atoms with Crippen molar-refractivity contribution in [3.05, 3.63) is 40.8 Å². The first-order valence-corrected chi connectivity index (χ1v) is 6.29. The number of nitrogens with one attached hydrogen (secondary N) is 1. The number of aryl methyl sites for hydroxylation is 1. The van der Waals surface area contributed by atoms with Crippen molar-refractivity contribution < 1.29 is 13.2 Å². The zero-order valence-corrected chi connectivity index (χ0v) is 10.9. The third-order valence-electron chi connectivity index (χ3n) is 3.07. The number of nitrogens with zero attached hydrogens (tertiary/aromatic N) is 1. The number of aromatic nitrogens is 2. The van der Waals surface area contributed by atoms with Gasteiger partial charge in [-0.3, -0.25) is 5.10 Å². The van der Waals surface area contributed by atoms with Gasteiger partial charge in [0.1, 0.15) is 5.82 Å². The summed E-state index contributed by atoms with van der Waals surface area (Å²) in [6.07, 6.45) is 2.37. The van der Waals surface area contributed by atoms with Crippen molar-refractivity contribution in [2.45, 2.75) is 33.1 Å². The predicted octanol–water partition coefficient (Wildman–Crippen LogP) is 4.01. The second-order valence-electron chi connectivity index (χ2n) is 4.38. The molecule has 0 amide bonds. The average molecular weight is 268 g/mol. The van der Waals surface area contributed by atoms with Crippen LogP contribution < -0.4 is 0 Å². The van der Waals surface area contributed by atoms with E-state index in [1.807, 2.05) is 13.8 Å². The molecule has 0 fully saturated rings. The lowest BCUT2D eigenvalue weighted by Crippen LogP contribution is -1.95. The molecule has 1 aromatic heterocycles. The van der Waals surface area contributed by atoms with Gasteiger partial charge in [-0.25, -0.2) is 13.2 Å². The first kappa shape index (κ1) is 13.6. The molecule has 0 saturated heterocycles. The summed E-state index contributed by atoms with van der Waals surface area (Å²) in [5.74, 6) is -3.06. The van der Waals surface area contributed by atoms with Crippen molar-refractivity contribution in [2.75, 3.05) is 0 Å². The monoisotopic (exact) mass is 268 g/mol. The predicted molar refractivity (Wildman–Crippen MR) is 67.3 cm³/mol. The average Bonchev–Trinajstić information content (AvgIpc) is 2.77. The van der Waals surface area contributed by atoms with E-state index in [9.17, 15) is 13.2 Å². The number of hydrogen-bond donors (Lipinski definition) is 1. The van der Waals surface area contributed by atoms with Crippen LogP contribution in [0, 0.1) is 17.5 Å². The third kappa shape index (κ3) is 2.50. The van der Waals surface area contributed by atoms with Crippen LogP contribution in [0.1, 0.15) is 31.5 Å². The summed E-state index contributed by atoms with van der Waals surface area (Å²) in [6.45, 7) is 3.95. The quantitative estimate of drug-likeness (QED) is 0.834. The molecule has 0 atom stereocenters. The Morgan fingerprint density at radius 1 is 1.05 bits per heavy atom. The van der Waals surface area contributed by atoms with Crippen molar-refractivity contribution >= 4 is 0 Å². The number of hydrogen-bond acceptors (Lipinski definition) is 1. The van der Waals surface area contributed by atoms with Gasteiger partial charge in [0.15, 0.2) is 11.6 Å². The van der Waals surface area contributed by atoms with Crippen molar-refractivity contribution in [1.82, 2.24) is 10.2 Å². The summed E-state index contributed by atoms with van der Waals surface area (Å²) in [6, 6.07) is 1.41. The molecule has 0 radical (unpaired) electrons. The van der Waals surface area contributed by atoms with Crippen molar-refractivity contribution in [1.29, 1.82) is 0 Å². The summed E-state index contributed by atoms with van der Waals surface area (Å²) in [5, 5.41) is 6.91. The fraction of sp³-hybridized carbons (Fsp3) is 0.357. The molecule has 0 unspecified atom stereocenters. The molecular weight excluding hydrogens is 253 g/mol. The van der Waals surface area contributed by atoms with E-state index in [1.165, 1.54) is 0 Å². The van der Waals surface area contributed by atoms with E-state index in [2.05, 4.69) is 10.2 Å². The number of halogens is 3. The van der Waals surface area contributed by atoms with E-state index >= 15 is 0 Å². The topological polar surface area (TPSA) is 28.7 Å². The SMILES string of the molecule is CCCc1[nH]nc(-c2cc(F)c(F)cc2F)c1CC. The van der Waals surface area contributed by atoms with Gasteiger partial charge in [0, 0.05) is 22.9 Å². The van der Waals surface area contributed by atoms with Gasteiger partial charge in [-0.15, -0.1) is 0 Å². The highest BCUT2D eigenvalue weighted by atomic mass is 19.2. The van der Waals surface area contributed by atoms with Gasteiger partial charge in [0.25, 0.3) is 0 Å².